The molecule has 3 N–H and O–H groups in total. The summed E-state index contributed by atoms with van der Waals surface area (Å²) in [5.74, 6) is -0.308. The lowest BCUT2D eigenvalue weighted by Gasteiger charge is -2.08. The molecule has 0 unspecified atom stereocenters. The van der Waals surface area contributed by atoms with Gasteiger partial charge < -0.3 is 15.2 Å². The molecule has 0 aliphatic carbocycles. The summed E-state index contributed by atoms with van der Waals surface area (Å²) in [6.07, 6.45) is 1.41. The maximum absolute atomic E-state index is 11.9. The minimum atomic E-state index is -0.399. The number of rotatable bonds is 8. The first kappa shape index (κ1) is 22.0. The predicted octanol–water partition coefficient (Wildman–Crippen LogP) is 3.92. The van der Waals surface area contributed by atoms with Crippen LogP contribution in [-0.2, 0) is 9.59 Å². The molecule has 7 nitrogen and oxygen atoms in total. The van der Waals surface area contributed by atoms with E-state index in [1.807, 2.05) is 29.5 Å². The zero-order valence-electron chi connectivity index (χ0n) is 15.0. The highest BCUT2D eigenvalue weighted by atomic mass is 127. The van der Waals surface area contributed by atoms with Crippen LogP contribution >= 0.6 is 34.2 Å². The standard InChI is InChI=1S/C19H19ClIN3O4/c1-2-28-16-10-12(9-14(21)19(16)27)11-22-24-18(26)8-7-17(25)23-15-6-4-3-5-13(15)20/h3-6,9-11,27H,2,7-8H2,1H3,(H,23,25)(H,24,26). The highest BCUT2D eigenvalue weighted by Crippen LogP contribution is 2.32. The smallest absolute Gasteiger partial charge is 0.240 e. The van der Waals surface area contributed by atoms with Gasteiger partial charge in [-0.15, -0.1) is 0 Å². The van der Waals surface area contributed by atoms with Crippen molar-refractivity contribution < 1.29 is 19.4 Å². The fourth-order valence-electron chi connectivity index (χ4n) is 2.17. The van der Waals surface area contributed by atoms with Gasteiger partial charge in [-0.1, -0.05) is 23.7 Å². The van der Waals surface area contributed by atoms with Gasteiger partial charge in [0.15, 0.2) is 11.5 Å². The van der Waals surface area contributed by atoms with E-state index in [4.69, 9.17) is 16.3 Å². The molecule has 2 aromatic rings. The van der Waals surface area contributed by atoms with Crippen LogP contribution in [0.4, 0.5) is 5.69 Å². The molecule has 0 aliphatic heterocycles. The number of anilines is 1. The molecule has 0 spiro atoms. The van der Waals surface area contributed by atoms with Crippen molar-refractivity contribution in [2.75, 3.05) is 11.9 Å². The monoisotopic (exact) mass is 515 g/mol. The molecule has 148 valence electrons. The summed E-state index contributed by atoms with van der Waals surface area (Å²) < 4.78 is 5.95. The van der Waals surface area contributed by atoms with E-state index in [-0.39, 0.29) is 24.5 Å². The maximum atomic E-state index is 11.9. The molecule has 9 heteroatoms. The Labute approximate surface area is 181 Å². The van der Waals surface area contributed by atoms with E-state index in [1.165, 1.54) is 6.21 Å². The normalized spacial score (nSPS) is 10.7. The maximum Gasteiger partial charge on any atom is 0.240 e. The van der Waals surface area contributed by atoms with Crippen molar-refractivity contribution in [1.29, 1.82) is 0 Å². The van der Waals surface area contributed by atoms with Crippen LogP contribution in [0, 0.1) is 3.57 Å². The van der Waals surface area contributed by atoms with Gasteiger partial charge in [0.25, 0.3) is 0 Å². The number of ether oxygens (including phenoxy) is 1. The molecule has 0 radical (unpaired) electrons. The second-order valence-electron chi connectivity index (χ2n) is 5.60. The largest absolute Gasteiger partial charge is 0.504 e. The number of carbonyl (C=O) groups is 2. The Kier molecular flexibility index (Phi) is 8.52. The average Bonchev–Trinajstić information content (AvgIpc) is 2.66. The van der Waals surface area contributed by atoms with E-state index in [0.29, 0.717) is 32.2 Å². The Morgan fingerprint density at radius 3 is 2.68 bits per heavy atom. The summed E-state index contributed by atoms with van der Waals surface area (Å²) in [6, 6.07) is 10.2. The average molecular weight is 516 g/mol. The van der Waals surface area contributed by atoms with Gasteiger partial charge in [-0.25, -0.2) is 5.43 Å². The van der Waals surface area contributed by atoms with Crippen molar-refractivity contribution in [3.63, 3.8) is 0 Å². The SMILES string of the molecule is CCOc1cc(C=NNC(=O)CCC(=O)Nc2ccccc2Cl)cc(I)c1O. The Morgan fingerprint density at radius 2 is 1.96 bits per heavy atom. The van der Waals surface area contributed by atoms with Crippen molar-refractivity contribution >= 4 is 57.9 Å². The van der Waals surface area contributed by atoms with Gasteiger partial charge in [0, 0.05) is 12.8 Å². The number of hydrogen-bond donors (Lipinski definition) is 3. The highest BCUT2D eigenvalue weighted by Gasteiger charge is 2.10. The summed E-state index contributed by atoms with van der Waals surface area (Å²) in [4.78, 5) is 23.8. The number of amides is 2. The third kappa shape index (κ3) is 6.68. The number of nitrogens with zero attached hydrogens (tertiary/aromatic N) is 1. The Morgan fingerprint density at radius 1 is 1.25 bits per heavy atom. The van der Waals surface area contributed by atoms with Crippen LogP contribution in [0.1, 0.15) is 25.3 Å². The molecule has 0 aromatic heterocycles. The van der Waals surface area contributed by atoms with E-state index in [1.54, 1.807) is 36.4 Å². The van der Waals surface area contributed by atoms with E-state index in [0.717, 1.165) is 0 Å². The topological polar surface area (TPSA) is 100 Å². The lowest BCUT2D eigenvalue weighted by molar-refractivity contribution is -0.124. The molecule has 0 aliphatic rings. The van der Waals surface area contributed by atoms with Crippen LogP contribution in [0.15, 0.2) is 41.5 Å². The van der Waals surface area contributed by atoms with Crippen molar-refractivity contribution in [3.8, 4) is 11.5 Å². The minimum Gasteiger partial charge on any atom is -0.504 e. The van der Waals surface area contributed by atoms with Crippen LogP contribution < -0.4 is 15.5 Å². The first-order valence-corrected chi connectivity index (χ1v) is 9.88. The van der Waals surface area contributed by atoms with E-state index in [9.17, 15) is 14.7 Å². The van der Waals surface area contributed by atoms with Gasteiger partial charge in [-0.3, -0.25) is 9.59 Å². The number of phenolic OH excluding ortho intramolecular Hbond substituents is 1. The third-order valence-corrected chi connectivity index (χ3v) is 4.63. The lowest BCUT2D eigenvalue weighted by atomic mass is 10.2. The van der Waals surface area contributed by atoms with Crippen LogP contribution in [0.5, 0.6) is 11.5 Å². The van der Waals surface area contributed by atoms with Crippen molar-refractivity contribution in [2.45, 2.75) is 19.8 Å². The number of carbonyl (C=O) groups excluding carboxylic acids is 2. The Bertz CT molecular complexity index is 889. The molecule has 0 bridgehead atoms. The van der Waals surface area contributed by atoms with Gasteiger partial charge >= 0.3 is 0 Å². The zero-order valence-corrected chi connectivity index (χ0v) is 18.0. The molecule has 28 heavy (non-hydrogen) atoms. The van der Waals surface area contributed by atoms with Gasteiger partial charge in [0.2, 0.25) is 11.8 Å². The molecule has 2 aromatic carbocycles. The molecule has 2 amide bonds. The predicted molar refractivity (Wildman–Crippen MR) is 117 cm³/mol. The van der Waals surface area contributed by atoms with Gasteiger partial charge in [-0.05, 0) is 59.3 Å². The fraction of sp³-hybridized carbons (Fsp3) is 0.211. The number of hydrogen-bond acceptors (Lipinski definition) is 5. The fourth-order valence-corrected chi connectivity index (χ4v) is 2.98. The van der Waals surface area contributed by atoms with Crippen LogP contribution in [0.25, 0.3) is 0 Å². The van der Waals surface area contributed by atoms with E-state index in [2.05, 4.69) is 15.8 Å². The van der Waals surface area contributed by atoms with Crippen LogP contribution in [-0.4, -0.2) is 29.7 Å². The number of nitrogens with one attached hydrogen (secondary N) is 2. The molecule has 0 saturated heterocycles. The lowest BCUT2D eigenvalue weighted by Crippen LogP contribution is -2.20. The number of halogens is 2. The quantitative estimate of drug-likeness (QED) is 0.282. The Hall–Kier alpha value is -2.33. The summed E-state index contributed by atoms with van der Waals surface area (Å²) in [5.41, 5.74) is 3.52. The molecule has 0 atom stereocenters. The molecular formula is C19H19ClIN3O4. The number of benzene rings is 2. The highest BCUT2D eigenvalue weighted by molar-refractivity contribution is 14.1. The molecule has 0 heterocycles. The summed E-state index contributed by atoms with van der Waals surface area (Å²) in [7, 11) is 0. The Balaban J connectivity index is 1.83. The number of aromatic hydroxyl groups is 1. The number of hydrazone groups is 1. The summed E-state index contributed by atoms with van der Waals surface area (Å²) in [5, 5.41) is 16.9. The van der Waals surface area contributed by atoms with Crippen molar-refractivity contribution in [3.05, 3.63) is 50.6 Å². The third-order valence-electron chi connectivity index (χ3n) is 3.48. The molecule has 0 saturated carbocycles. The zero-order chi connectivity index (χ0) is 20.5. The first-order chi connectivity index (χ1) is 13.4. The van der Waals surface area contributed by atoms with Gasteiger partial charge in [-0.2, -0.15) is 5.10 Å². The molecular weight excluding hydrogens is 497 g/mol. The van der Waals surface area contributed by atoms with Crippen LogP contribution in [0.2, 0.25) is 5.02 Å². The van der Waals surface area contributed by atoms with E-state index < -0.39 is 5.91 Å². The molecule has 0 fully saturated rings. The molecule has 2 rings (SSSR count). The summed E-state index contributed by atoms with van der Waals surface area (Å²) >= 11 is 7.95. The number of para-hydroxylation sites is 1. The van der Waals surface area contributed by atoms with Crippen molar-refractivity contribution in [1.82, 2.24) is 5.43 Å². The first-order valence-electron chi connectivity index (χ1n) is 8.42. The minimum absolute atomic E-state index is 0.00181. The summed E-state index contributed by atoms with van der Waals surface area (Å²) in [6.45, 7) is 2.23. The number of phenols is 1. The van der Waals surface area contributed by atoms with Gasteiger partial charge in [0.1, 0.15) is 0 Å². The van der Waals surface area contributed by atoms with Crippen molar-refractivity contribution in [2.24, 2.45) is 5.10 Å². The van der Waals surface area contributed by atoms with Crippen LogP contribution in [0.3, 0.4) is 0 Å². The second-order valence-corrected chi connectivity index (χ2v) is 7.17. The second kappa shape index (κ2) is 10.9. The van der Waals surface area contributed by atoms with E-state index >= 15 is 0 Å². The van der Waals surface area contributed by atoms with Gasteiger partial charge in [0.05, 0.1) is 27.1 Å².